The number of benzene rings is 1. The van der Waals surface area contributed by atoms with Crippen LogP contribution in [-0.2, 0) is 19.5 Å². The molecule has 1 aromatic heterocycles. The van der Waals surface area contributed by atoms with Crippen molar-refractivity contribution < 1.29 is 17.9 Å². The summed E-state index contributed by atoms with van der Waals surface area (Å²) in [6.07, 6.45) is 0.366. The van der Waals surface area contributed by atoms with Crippen LogP contribution in [0.15, 0.2) is 34.5 Å². The molecule has 1 aliphatic heterocycles. The minimum Gasteiger partial charge on any atom is -0.379 e. The number of sulfonamides is 1. The summed E-state index contributed by atoms with van der Waals surface area (Å²) in [5, 5.41) is 0.943. The number of hydrogen-bond donors (Lipinski definition) is 1. The molecule has 5 nitrogen and oxygen atoms in total. The van der Waals surface area contributed by atoms with E-state index in [1.807, 2.05) is 24.3 Å². The van der Waals surface area contributed by atoms with E-state index >= 15 is 0 Å². The zero-order chi connectivity index (χ0) is 14.9. The lowest BCUT2D eigenvalue weighted by atomic mass is 10.1. The molecule has 1 N–H and O–H groups in total. The van der Waals surface area contributed by atoms with Crippen molar-refractivity contribution in [1.29, 1.82) is 0 Å². The number of nitrogens with one attached hydrogen (secondary N) is 1. The average Bonchev–Trinajstić information content (AvgIpc) is 2.92. The van der Waals surface area contributed by atoms with Crippen molar-refractivity contribution in [2.24, 2.45) is 0 Å². The van der Waals surface area contributed by atoms with Crippen LogP contribution in [0.1, 0.15) is 6.42 Å². The first-order valence-electron chi connectivity index (χ1n) is 6.71. The quantitative estimate of drug-likeness (QED) is 0.933. The molecule has 2 aromatic rings. The van der Waals surface area contributed by atoms with E-state index in [0.29, 0.717) is 23.8 Å². The van der Waals surface area contributed by atoms with Crippen LogP contribution in [0.4, 0.5) is 0 Å². The summed E-state index contributed by atoms with van der Waals surface area (Å²) in [6.45, 7) is 0.954. The first-order chi connectivity index (χ1) is 10.1. The maximum Gasteiger partial charge on any atom is 0.250 e. The van der Waals surface area contributed by atoms with Crippen LogP contribution in [0.5, 0.6) is 0 Å². The Morgan fingerprint density at radius 1 is 1.38 bits per heavy atom. The fraction of sp³-hybridized carbons (Fsp3) is 0.429. The Bertz CT molecular complexity index is 692. The third-order valence-corrected chi connectivity index (χ3v) is 6.66. The molecule has 0 saturated carbocycles. The molecule has 0 aliphatic carbocycles. The predicted molar refractivity (Wildman–Crippen MR) is 82.2 cm³/mol. The van der Waals surface area contributed by atoms with Crippen LogP contribution in [0.3, 0.4) is 0 Å². The Labute approximate surface area is 127 Å². The van der Waals surface area contributed by atoms with E-state index in [-0.39, 0.29) is 12.1 Å². The molecule has 2 heterocycles. The van der Waals surface area contributed by atoms with E-state index in [9.17, 15) is 8.42 Å². The van der Waals surface area contributed by atoms with Crippen molar-refractivity contribution in [3.05, 3.63) is 30.3 Å². The molecule has 1 aromatic carbocycles. The van der Waals surface area contributed by atoms with E-state index in [0.717, 1.165) is 10.1 Å². The van der Waals surface area contributed by atoms with Gasteiger partial charge in [0.2, 0.25) is 10.0 Å². The molecule has 21 heavy (non-hydrogen) atoms. The van der Waals surface area contributed by atoms with E-state index in [1.165, 1.54) is 11.3 Å². The van der Waals surface area contributed by atoms with Crippen molar-refractivity contribution in [3.8, 4) is 0 Å². The summed E-state index contributed by atoms with van der Waals surface area (Å²) in [5.74, 6) is 0. The number of rotatable bonds is 4. The standard InChI is InChI=1S/C14H17NO4S2/c1-18-12-9-19-7-6-11(12)15-21(16,17)14-8-10-4-2-3-5-13(10)20-14/h2-5,8,11-12,15H,6-7,9H2,1H3/t11-,12-/m1/s1. The van der Waals surface area contributed by atoms with Gasteiger partial charge >= 0.3 is 0 Å². The van der Waals surface area contributed by atoms with Gasteiger partial charge in [0, 0.05) is 18.4 Å². The first-order valence-corrected chi connectivity index (χ1v) is 9.01. The van der Waals surface area contributed by atoms with E-state index in [2.05, 4.69) is 4.72 Å². The molecule has 0 bridgehead atoms. The Morgan fingerprint density at radius 3 is 2.95 bits per heavy atom. The van der Waals surface area contributed by atoms with Crippen molar-refractivity contribution >= 4 is 31.4 Å². The normalized spacial score (nSPS) is 23.5. The fourth-order valence-corrected chi connectivity index (χ4v) is 5.14. The van der Waals surface area contributed by atoms with Gasteiger partial charge in [0.05, 0.1) is 18.8 Å². The molecular formula is C14H17NO4S2. The third kappa shape index (κ3) is 3.12. The molecule has 2 atom stereocenters. The zero-order valence-corrected chi connectivity index (χ0v) is 13.2. The van der Waals surface area contributed by atoms with Crippen LogP contribution in [0, 0.1) is 0 Å². The molecule has 0 amide bonds. The van der Waals surface area contributed by atoms with Gasteiger partial charge in [0.25, 0.3) is 0 Å². The summed E-state index contributed by atoms with van der Waals surface area (Å²) in [4.78, 5) is 0. The number of fused-ring (bicyclic) bond motifs is 1. The Balaban J connectivity index is 1.85. The average molecular weight is 327 g/mol. The van der Waals surface area contributed by atoms with Crippen LogP contribution in [-0.4, -0.2) is 40.9 Å². The summed E-state index contributed by atoms with van der Waals surface area (Å²) >= 11 is 1.28. The van der Waals surface area contributed by atoms with Gasteiger partial charge in [-0.1, -0.05) is 18.2 Å². The summed E-state index contributed by atoms with van der Waals surface area (Å²) in [5.41, 5.74) is 0. The van der Waals surface area contributed by atoms with Gasteiger partial charge in [-0.05, 0) is 23.9 Å². The molecule has 3 rings (SSSR count). The maximum absolute atomic E-state index is 12.5. The fourth-order valence-electron chi connectivity index (χ4n) is 2.43. The van der Waals surface area contributed by atoms with Crippen molar-refractivity contribution in [2.45, 2.75) is 22.8 Å². The monoisotopic (exact) mass is 327 g/mol. The highest BCUT2D eigenvalue weighted by Gasteiger charge is 2.30. The van der Waals surface area contributed by atoms with Gasteiger partial charge < -0.3 is 9.47 Å². The first kappa shape index (κ1) is 14.9. The SMILES string of the molecule is CO[C@@H]1COCC[C@H]1NS(=O)(=O)c1cc2ccccc2s1. The highest BCUT2D eigenvalue weighted by Crippen LogP contribution is 2.29. The highest BCUT2D eigenvalue weighted by molar-refractivity contribution is 7.91. The third-order valence-electron chi connectivity index (χ3n) is 3.58. The highest BCUT2D eigenvalue weighted by atomic mass is 32.2. The molecule has 0 unspecified atom stereocenters. The number of methoxy groups -OCH3 is 1. The molecule has 1 fully saturated rings. The number of thiophene rings is 1. The maximum atomic E-state index is 12.5. The Morgan fingerprint density at radius 2 is 2.19 bits per heavy atom. The number of hydrogen-bond acceptors (Lipinski definition) is 5. The summed E-state index contributed by atoms with van der Waals surface area (Å²) in [7, 11) is -1.96. The second kappa shape index (κ2) is 6.02. The second-order valence-electron chi connectivity index (χ2n) is 4.97. The predicted octanol–water partition coefficient (Wildman–Crippen LogP) is 1.98. The molecule has 0 radical (unpaired) electrons. The lowest BCUT2D eigenvalue weighted by Gasteiger charge is -2.30. The van der Waals surface area contributed by atoms with Crippen LogP contribution in [0.25, 0.3) is 10.1 Å². The van der Waals surface area contributed by atoms with Crippen molar-refractivity contribution in [1.82, 2.24) is 4.72 Å². The second-order valence-corrected chi connectivity index (χ2v) is 7.99. The lowest BCUT2D eigenvalue weighted by Crippen LogP contribution is -2.49. The van der Waals surface area contributed by atoms with Crippen molar-refractivity contribution in [3.63, 3.8) is 0 Å². The van der Waals surface area contributed by atoms with Gasteiger partial charge in [-0.25, -0.2) is 13.1 Å². The van der Waals surface area contributed by atoms with Gasteiger partial charge in [-0.2, -0.15) is 0 Å². The van der Waals surface area contributed by atoms with Crippen LogP contribution < -0.4 is 4.72 Å². The summed E-state index contributed by atoms with van der Waals surface area (Å²) in [6, 6.07) is 9.10. The Kier molecular flexibility index (Phi) is 4.28. The largest absolute Gasteiger partial charge is 0.379 e. The van der Waals surface area contributed by atoms with Gasteiger partial charge in [-0.15, -0.1) is 11.3 Å². The van der Waals surface area contributed by atoms with E-state index in [4.69, 9.17) is 9.47 Å². The van der Waals surface area contributed by atoms with Crippen LogP contribution >= 0.6 is 11.3 Å². The molecular weight excluding hydrogens is 310 g/mol. The van der Waals surface area contributed by atoms with E-state index < -0.39 is 10.0 Å². The minimum atomic E-state index is -3.53. The van der Waals surface area contributed by atoms with Gasteiger partial charge in [0.15, 0.2) is 0 Å². The lowest BCUT2D eigenvalue weighted by molar-refractivity contribution is -0.0448. The topological polar surface area (TPSA) is 64.6 Å². The molecule has 0 spiro atoms. The smallest absolute Gasteiger partial charge is 0.250 e. The number of ether oxygens (including phenoxy) is 2. The molecule has 7 heteroatoms. The van der Waals surface area contributed by atoms with Crippen molar-refractivity contribution in [2.75, 3.05) is 20.3 Å². The van der Waals surface area contributed by atoms with Gasteiger partial charge in [-0.3, -0.25) is 0 Å². The molecule has 114 valence electrons. The summed E-state index contributed by atoms with van der Waals surface area (Å²) < 4.78 is 39.7. The molecule has 1 saturated heterocycles. The molecule has 1 aliphatic rings. The van der Waals surface area contributed by atoms with E-state index in [1.54, 1.807) is 13.2 Å². The minimum absolute atomic E-state index is 0.247. The van der Waals surface area contributed by atoms with Crippen LogP contribution in [0.2, 0.25) is 0 Å². The zero-order valence-electron chi connectivity index (χ0n) is 11.6. The Hall–Kier alpha value is -0.990. The van der Waals surface area contributed by atoms with Gasteiger partial charge in [0.1, 0.15) is 4.21 Å².